The Morgan fingerprint density at radius 3 is 2.56 bits per heavy atom. The third-order valence-corrected chi connectivity index (χ3v) is 7.27. The van der Waals surface area contributed by atoms with Crippen LogP contribution < -0.4 is 11.1 Å². The lowest BCUT2D eigenvalue weighted by Gasteiger charge is -2.29. The molecule has 8 nitrogen and oxygen atoms in total. The van der Waals surface area contributed by atoms with Crippen molar-refractivity contribution < 1.29 is 13.2 Å². The number of imidazole rings is 1. The van der Waals surface area contributed by atoms with Gasteiger partial charge in [-0.2, -0.15) is 18.2 Å². The summed E-state index contributed by atoms with van der Waals surface area (Å²) in [6, 6.07) is 5.53. The van der Waals surface area contributed by atoms with E-state index in [1.807, 2.05) is 0 Å². The van der Waals surface area contributed by atoms with Gasteiger partial charge in [0.05, 0.1) is 5.69 Å². The maximum atomic E-state index is 13.1. The van der Waals surface area contributed by atoms with Crippen LogP contribution in [0.25, 0.3) is 27.9 Å². The predicted octanol–water partition coefficient (Wildman–Crippen LogP) is 4.73. The van der Waals surface area contributed by atoms with Crippen LogP contribution in [-0.2, 0) is 6.54 Å². The van der Waals surface area contributed by atoms with Crippen LogP contribution in [0.1, 0.15) is 44.3 Å². The molecule has 34 heavy (non-hydrogen) atoms. The molecule has 1 spiro atoms. The highest BCUT2D eigenvalue weighted by Crippen LogP contribution is 2.56. The number of nitrogens with two attached hydrogens (primary N) is 1. The number of aryl methyl sites for hydroxylation is 1. The van der Waals surface area contributed by atoms with Gasteiger partial charge in [-0.25, -0.2) is 14.5 Å². The first kappa shape index (κ1) is 21.2. The number of anilines is 2. The quantitative estimate of drug-likeness (QED) is 0.448. The SMILES string of the molecule is Cc1nc2ccc(-c3ccn4nc(NC5CCC6(CC5)CC6)nc(N)c34)nc2n1CC(F)(F)F. The third kappa shape index (κ3) is 3.72. The second kappa shape index (κ2) is 7.31. The Kier molecular flexibility index (Phi) is 4.56. The first-order valence-corrected chi connectivity index (χ1v) is 11.5. The van der Waals surface area contributed by atoms with Crippen molar-refractivity contribution in [3.05, 3.63) is 30.2 Å². The van der Waals surface area contributed by atoms with Gasteiger partial charge in [0.15, 0.2) is 11.5 Å². The largest absolute Gasteiger partial charge is 0.406 e. The number of hydrogen-bond donors (Lipinski definition) is 2. The van der Waals surface area contributed by atoms with E-state index in [9.17, 15) is 13.2 Å². The number of nitrogen functional groups attached to an aromatic ring is 1. The molecule has 0 unspecified atom stereocenters. The molecule has 2 aliphatic rings. The van der Waals surface area contributed by atoms with Gasteiger partial charge in [-0.05, 0) is 69.1 Å². The highest BCUT2D eigenvalue weighted by molar-refractivity contribution is 5.88. The molecule has 0 atom stereocenters. The van der Waals surface area contributed by atoms with E-state index in [2.05, 4.69) is 25.4 Å². The Morgan fingerprint density at radius 1 is 1.09 bits per heavy atom. The van der Waals surface area contributed by atoms with Gasteiger partial charge in [0.2, 0.25) is 5.95 Å². The van der Waals surface area contributed by atoms with Crippen LogP contribution in [0.4, 0.5) is 24.9 Å². The number of hydrogen-bond acceptors (Lipinski definition) is 6. The van der Waals surface area contributed by atoms with Crippen molar-refractivity contribution in [3.63, 3.8) is 0 Å². The summed E-state index contributed by atoms with van der Waals surface area (Å²) in [5, 5.41) is 8.01. The monoisotopic (exact) mass is 470 g/mol. The van der Waals surface area contributed by atoms with Crippen LogP contribution in [0.15, 0.2) is 24.4 Å². The number of aromatic nitrogens is 6. The molecule has 0 bridgehead atoms. The van der Waals surface area contributed by atoms with Gasteiger partial charge in [-0.1, -0.05) is 0 Å². The molecule has 4 aromatic heterocycles. The Balaban J connectivity index is 1.32. The fourth-order valence-electron chi connectivity index (χ4n) is 5.19. The molecule has 0 saturated heterocycles. The van der Waals surface area contributed by atoms with Gasteiger partial charge in [-0.15, -0.1) is 5.10 Å². The molecule has 2 saturated carbocycles. The minimum atomic E-state index is -4.38. The van der Waals surface area contributed by atoms with Crippen molar-refractivity contribution in [2.45, 2.75) is 64.2 Å². The number of pyridine rings is 1. The number of alkyl halides is 3. The number of halogens is 3. The minimum Gasteiger partial charge on any atom is -0.382 e. The molecule has 3 N–H and O–H groups in total. The van der Waals surface area contributed by atoms with Crippen LogP contribution in [0, 0.1) is 12.3 Å². The Bertz CT molecular complexity index is 1390. The smallest absolute Gasteiger partial charge is 0.382 e. The summed E-state index contributed by atoms with van der Waals surface area (Å²) in [6.45, 7) is 0.392. The second-order valence-corrected chi connectivity index (χ2v) is 9.66. The zero-order valence-corrected chi connectivity index (χ0v) is 18.7. The number of fused-ring (bicyclic) bond motifs is 2. The molecule has 0 aromatic carbocycles. The van der Waals surface area contributed by atoms with E-state index in [0.29, 0.717) is 39.7 Å². The molecular weight excluding hydrogens is 445 g/mol. The minimum absolute atomic E-state index is 0.176. The van der Waals surface area contributed by atoms with Crippen LogP contribution >= 0.6 is 0 Å². The lowest BCUT2D eigenvalue weighted by molar-refractivity contribution is -0.140. The molecule has 6 rings (SSSR count). The van der Waals surface area contributed by atoms with Gasteiger partial charge >= 0.3 is 6.18 Å². The summed E-state index contributed by atoms with van der Waals surface area (Å²) >= 11 is 0. The van der Waals surface area contributed by atoms with E-state index < -0.39 is 12.7 Å². The molecule has 4 heterocycles. The Morgan fingerprint density at radius 2 is 1.85 bits per heavy atom. The van der Waals surface area contributed by atoms with Gasteiger partial charge < -0.3 is 15.6 Å². The van der Waals surface area contributed by atoms with Crippen molar-refractivity contribution in [2.24, 2.45) is 5.41 Å². The first-order valence-electron chi connectivity index (χ1n) is 11.5. The molecule has 0 amide bonds. The van der Waals surface area contributed by atoms with E-state index in [1.54, 1.807) is 28.9 Å². The zero-order chi connectivity index (χ0) is 23.7. The fourth-order valence-corrected chi connectivity index (χ4v) is 5.19. The summed E-state index contributed by atoms with van der Waals surface area (Å²) in [5.41, 5.74) is 9.21. The van der Waals surface area contributed by atoms with Gasteiger partial charge in [0, 0.05) is 17.8 Å². The lowest BCUT2D eigenvalue weighted by Crippen LogP contribution is -2.28. The van der Waals surface area contributed by atoms with E-state index >= 15 is 0 Å². The molecule has 0 radical (unpaired) electrons. The average molecular weight is 471 g/mol. The van der Waals surface area contributed by atoms with Crippen molar-refractivity contribution in [1.82, 2.24) is 29.1 Å². The Labute approximate surface area is 193 Å². The first-order chi connectivity index (χ1) is 16.2. The summed E-state index contributed by atoms with van der Waals surface area (Å²) in [7, 11) is 0. The van der Waals surface area contributed by atoms with Crippen molar-refractivity contribution in [1.29, 1.82) is 0 Å². The van der Waals surface area contributed by atoms with Crippen LogP contribution in [-0.4, -0.2) is 41.4 Å². The van der Waals surface area contributed by atoms with Gasteiger partial charge in [-0.3, -0.25) is 0 Å². The summed E-state index contributed by atoms with van der Waals surface area (Å²) < 4.78 is 42.0. The normalized spacial score (nSPS) is 18.2. The predicted molar refractivity (Wildman–Crippen MR) is 122 cm³/mol. The van der Waals surface area contributed by atoms with E-state index in [4.69, 9.17) is 5.73 Å². The zero-order valence-electron chi connectivity index (χ0n) is 18.7. The molecule has 4 aromatic rings. The topological polar surface area (TPSA) is 98.9 Å². The average Bonchev–Trinajstić information content (AvgIpc) is 3.27. The molecule has 2 aliphatic carbocycles. The Hall–Kier alpha value is -3.37. The maximum absolute atomic E-state index is 13.1. The fraction of sp³-hybridized carbons (Fsp3) is 0.478. The number of nitrogens with one attached hydrogen (secondary N) is 1. The summed E-state index contributed by atoms with van der Waals surface area (Å²) in [4.78, 5) is 13.2. The second-order valence-electron chi connectivity index (χ2n) is 9.66. The summed E-state index contributed by atoms with van der Waals surface area (Å²) in [5.74, 6) is 1.02. The van der Waals surface area contributed by atoms with E-state index in [1.165, 1.54) is 32.6 Å². The van der Waals surface area contributed by atoms with Gasteiger partial charge in [0.25, 0.3) is 0 Å². The van der Waals surface area contributed by atoms with Crippen molar-refractivity contribution in [3.8, 4) is 11.3 Å². The van der Waals surface area contributed by atoms with Crippen molar-refractivity contribution >= 4 is 28.4 Å². The van der Waals surface area contributed by atoms with E-state index in [-0.39, 0.29) is 17.3 Å². The maximum Gasteiger partial charge on any atom is 0.406 e. The third-order valence-electron chi connectivity index (χ3n) is 7.27. The van der Waals surface area contributed by atoms with Crippen molar-refractivity contribution in [2.75, 3.05) is 11.1 Å². The van der Waals surface area contributed by atoms with Crippen LogP contribution in [0.2, 0.25) is 0 Å². The highest BCUT2D eigenvalue weighted by atomic mass is 19.4. The number of rotatable bonds is 4. The highest BCUT2D eigenvalue weighted by Gasteiger charge is 2.44. The van der Waals surface area contributed by atoms with Crippen LogP contribution in [0.3, 0.4) is 0 Å². The molecule has 2 fully saturated rings. The molecule has 0 aliphatic heterocycles. The standard InChI is InChI=1S/C23H25F3N8/c1-13-28-17-3-2-16(30-20(17)33(13)12-23(24,25)26)15-6-11-34-18(15)19(27)31-21(32-34)29-14-4-7-22(8-5-14)9-10-22/h2-3,6,11,14H,4-5,7-10,12H2,1H3,(H3,27,29,31,32). The van der Waals surface area contributed by atoms with E-state index in [0.717, 1.165) is 17.4 Å². The molecular formula is C23H25F3N8. The molecule has 11 heteroatoms. The summed E-state index contributed by atoms with van der Waals surface area (Å²) in [6.07, 6.45) is 4.80. The van der Waals surface area contributed by atoms with Gasteiger partial charge in [0.1, 0.15) is 23.4 Å². The van der Waals surface area contributed by atoms with Crippen LogP contribution in [0.5, 0.6) is 0 Å². The lowest BCUT2D eigenvalue weighted by atomic mass is 9.83. The molecule has 178 valence electrons. The number of nitrogens with zero attached hydrogens (tertiary/aromatic N) is 6.